The number of rotatable bonds is 7. The van der Waals surface area contributed by atoms with Crippen molar-refractivity contribution in [1.29, 1.82) is 0 Å². The van der Waals surface area contributed by atoms with E-state index in [0.29, 0.717) is 6.54 Å². The molecule has 0 aromatic carbocycles. The van der Waals surface area contributed by atoms with E-state index in [9.17, 15) is 9.59 Å². The fourth-order valence-electron chi connectivity index (χ4n) is 0.708. The van der Waals surface area contributed by atoms with Crippen molar-refractivity contribution in [3.05, 3.63) is 0 Å². The van der Waals surface area contributed by atoms with E-state index in [1.165, 1.54) is 6.92 Å². The minimum atomic E-state index is -0.766. The second kappa shape index (κ2) is 7.87. The van der Waals surface area contributed by atoms with Gasteiger partial charge in [-0.1, -0.05) is 35.4 Å². The molecule has 0 radical (unpaired) electrons. The zero-order chi connectivity index (χ0) is 11.8. The molecule has 0 aliphatic heterocycles. The van der Waals surface area contributed by atoms with Crippen molar-refractivity contribution in [2.45, 2.75) is 26.0 Å². The third-order valence-electron chi connectivity index (χ3n) is 1.87. The summed E-state index contributed by atoms with van der Waals surface area (Å²) >= 11 is 0. The Morgan fingerprint density at radius 2 is 2.00 bits per heavy atom. The van der Waals surface area contributed by atoms with Crippen molar-refractivity contribution < 1.29 is 14.7 Å². The molecule has 6 heteroatoms. The molecule has 0 heterocycles. The minimum Gasteiger partial charge on any atom is -0.481 e. The molecule has 0 aromatic heterocycles. The molecule has 0 saturated carbocycles. The number of hydrogen-bond donors (Lipinski definition) is 2. The number of nitrogens with one attached hydrogen (secondary N) is 1. The van der Waals surface area contributed by atoms with Crippen LogP contribution in [-0.2, 0) is 9.59 Å². The molecule has 88 valence electrons. The number of carbonyl (C=O) groups excluding carboxylic acids is 1. The fraction of sp³-hybridized carbons (Fsp3) is 0.778. The Morgan fingerprint density at radius 1 is 1.40 bits per heavy atom. The van der Waals surface area contributed by atoms with Crippen LogP contribution in [0, 0.1) is 5.92 Å². The van der Waals surface area contributed by atoms with Crippen molar-refractivity contribution in [1.82, 2.24) is 5.32 Å². The van der Waals surface area contributed by atoms with Crippen molar-refractivity contribution in [2.24, 2.45) is 5.92 Å². The van der Waals surface area contributed by atoms with Gasteiger partial charge in [-0.3, -0.25) is 9.59 Å². The molecule has 1 amide bonds. The van der Waals surface area contributed by atoms with Crippen LogP contribution in [0.3, 0.4) is 0 Å². The Hall–Kier alpha value is -0.360. The summed E-state index contributed by atoms with van der Waals surface area (Å²) in [5.74, 6) is -0.353. The number of carboxylic acids is 1. The fourth-order valence-corrected chi connectivity index (χ4v) is 3.17. The molecule has 0 bridgehead atoms. The van der Waals surface area contributed by atoms with Crippen LogP contribution in [0.2, 0.25) is 0 Å². The first-order valence-corrected chi connectivity index (χ1v) is 7.09. The lowest BCUT2D eigenvalue weighted by Crippen LogP contribution is -2.22. The van der Waals surface area contributed by atoms with Gasteiger partial charge >= 0.3 is 5.97 Å². The van der Waals surface area contributed by atoms with Gasteiger partial charge in [-0.15, -0.1) is 0 Å². The van der Waals surface area contributed by atoms with Crippen LogP contribution in [0.4, 0.5) is 0 Å². The SMILES string of the molecule is CC(=O)NCCSSC(C)C(C)C(=O)O. The smallest absolute Gasteiger partial charge is 0.307 e. The Labute approximate surface area is 98.0 Å². The lowest BCUT2D eigenvalue weighted by molar-refractivity contribution is -0.140. The normalized spacial score (nSPS) is 14.3. The Morgan fingerprint density at radius 3 is 2.47 bits per heavy atom. The molecule has 0 rings (SSSR count). The summed E-state index contributed by atoms with van der Waals surface area (Å²) in [7, 11) is 3.14. The molecule has 2 N–H and O–H groups in total. The molecule has 0 spiro atoms. The number of carbonyl (C=O) groups is 2. The van der Waals surface area contributed by atoms with Crippen LogP contribution >= 0.6 is 21.6 Å². The first-order valence-electron chi connectivity index (χ1n) is 4.70. The number of carboxylic acid groups (broad SMARTS) is 1. The predicted molar refractivity (Wildman–Crippen MR) is 65.0 cm³/mol. The average Bonchev–Trinajstić information content (AvgIpc) is 2.15. The molecule has 0 aliphatic carbocycles. The first-order chi connectivity index (χ1) is 6.95. The van der Waals surface area contributed by atoms with Gasteiger partial charge in [0.1, 0.15) is 0 Å². The van der Waals surface area contributed by atoms with Crippen LogP contribution in [0.15, 0.2) is 0 Å². The highest BCUT2D eigenvalue weighted by atomic mass is 33.1. The highest BCUT2D eigenvalue weighted by Gasteiger charge is 2.19. The molecule has 15 heavy (non-hydrogen) atoms. The Balaban J connectivity index is 3.50. The third-order valence-corrected chi connectivity index (χ3v) is 4.91. The Kier molecular flexibility index (Phi) is 7.68. The van der Waals surface area contributed by atoms with Gasteiger partial charge in [-0.2, -0.15) is 0 Å². The van der Waals surface area contributed by atoms with E-state index >= 15 is 0 Å². The van der Waals surface area contributed by atoms with Gasteiger partial charge in [0, 0.05) is 24.5 Å². The maximum atomic E-state index is 10.6. The summed E-state index contributed by atoms with van der Waals surface area (Å²) < 4.78 is 0. The summed E-state index contributed by atoms with van der Waals surface area (Å²) in [6, 6.07) is 0. The highest BCUT2D eigenvalue weighted by molar-refractivity contribution is 8.76. The van der Waals surface area contributed by atoms with Crippen molar-refractivity contribution in [3.8, 4) is 0 Å². The molecule has 4 nitrogen and oxygen atoms in total. The van der Waals surface area contributed by atoms with Crippen molar-refractivity contribution >= 4 is 33.5 Å². The van der Waals surface area contributed by atoms with E-state index in [1.807, 2.05) is 6.92 Å². The summed E-state index contributed by atoms with van der Waals surface area (Å²) in [6.45, 7) is 5.71. The summed E-state index contributed by atoms with van der Waals surface area (Å²) in [5.41, 5.74) is 0. The van der Waals surface area contributed by atoms with Gasteiger partial charge < -0.3 is 10.4 Å². The molecule has 0 aromatic rings. The molecule has 0 fully saturated rings. The van der Waals surface area contributed by atoms with Gasteiger partial charge in [-0.05, 0) is 0 Å². The van der Waals surface area contributed by atoms with E-state index in [4.69, 9.17) is 5.11 Å². The maximum absolute atomic E-state index is 10.6. The second-order valence-corrected chi connectivity index (χ2v) is 6.10. The minimum absolute atomic E-state index is 0.0347. The van der Waals surface area contributed by atoms with E-state index in [0.717, 1.165) is 5.75 Å². The molecule has 0 saturated heterocycles. The predicted octanol–water partition coefficient (Wildman–Crippen LogP) is 1.61. The average molecular weight is 251 g/mol. The topological polar surface area (TPSA) is 66.4 Å². The van der Waals surface area contributed by atoms with E-state index in [1.54, 1.807) is 28.5 Å². The molecular weight excluding hydrogens is 234 g/mol. The number of amides is 1. The van der Waals surface area contributed by atoms with Gasteiger partial charge in [0.05, 0.1) is 5.92 Å². The zero-order valence-electron chi connectivity index (χ0n) is 9.15. The van der Waals surface area contributed by atoms with Crippen LogP contribution in [0.1, 0.15) is 20.8 Å². The van der Waals surface area contributed by atoms with Crippen molar-refractivity contribution in [2.75, 3.05) is 12.3 Å². The molecule has 2 atom stereocenters. The van der Waals surface area contributed by atoms with Gasteiger partial charge in [0.15, 0.2) is 0 Å². The van der Waals surface area contributed by atoms with E-state index < -0.39 is 5.97 Å². The molecule has 0 aliphatic rings. The first kappa shape index (κ1) is 14.6. The second-order valence-electron chi connectivity index (χ2n) is 3.23. The lowest BCUT2D eigenvalue weighted by Gasteiger charge is -2.14. The third kappa shape index (κ3) is 7.56. The molecular formula is C9H17NO3S2. The zero-order valence-corrected chi connectivity index (χ0v) is 10.8. The van der Waals surface area contributed by atoms with Gasteiger partial charge in [-0.25, -0.2) is 0 Å². The maximum Gasteiger partial charge on any atom is 0.307 e. The van der Waals surface area contributed by atoms with E-state index in [2.05, 4.69) is 5.32 Å². The van der Waals surface area contributed by atoms with Gasteiger partial charge in [0.25, 0.3) is 0 Å². The summed E-state index contributed by atoms with van der Waals surface area (Å²) in [6.07, 6.45) is 0. The van der Waals surface area contributed by atoms with Crippen LogP contribution < -0.4 is 5.32 Å². The van der Waals surface area contributed by atoms with Crippen molar-refractivity contribution in [3.63, 3.8) is 0 Å². The number of aliphatic carboxylic acids is 1. The lowest BCUT2D eigenvalue weighted by atomic mass is 10.1. The van der Waals surface area contributed by atoms with Crippen LogP contribution in [-0.4, -0.2) is 34.5 Å². The molecule has 2 unspecified atom stereocenters. The monoisotopic (exact) mass is 251 g/mol. The highest BCUT2D eigenvalue weighted by Crippen LogP contribution is 2.30. The van der Waals surface area contributed by atoms with E-state index in [-0.39, 0.29) is 17.1 Å². The quantitative estimate of drug-likeness (QED) is 0.531. The summed E-state index contributed by atoms with van der Waals surface area (Å²) in [5, 5.41) is 11.5. The van der Waals surface area contributed by atoms with Crippen LogP contribution in [0.25, 0.3) is 0 Å². The number of hydrogen-bond acceptors (Lipinski definition) is 4. The van der Waals surface area contributed by atoms with Gasteiger partial charge in [0.2, 0.25) is 5.91 Å². The Bertz CT molecular complexity index is 223. The summed E-state index contributed by atoms with van der Waals surface area (Å²) in [4.78, 5) is 21.2. The van der Waals surface area contributed by atoms with Crippen LogP contribution in [0.5, 0.6) is 0 Å². The largest absolute Gasteiger partial charge is 0.481 e. The standard InChI is InChI=1S/C9H17NO3S2/c1-6(9(12)13)7(2)15-14-5-4-10-8(3)11/h6-7H,4-5H2,1-3H3,(H,10,11)(H,12,13).